The highest BCUT2D eigenvalue weighted by Crippen LogP contribution is 2.28. The highest BCUT2D eigenvalue weighted by Gasteiger charge is 2.35. The van der Waals surface area contributed by atoms with Gasteiger partial charge in [0, 0.05) is 75.0 Å². The average molecular weight is 503 g/mol. The Balaban J connectivity index is 1.42. The minimum Gasteiger partial charge on any atom is -0.490 e. The number of piperazine rings is 1. The summed E-state index contributed by atoms with van der Waals surface area (Å²) in [6.07, 6.45) is 1.87. The van der Waals surface area contributed by atoms with Crippen molar-refractivity contribution in [1.29, 1.82) is 0 Å². The first-order chi connectivity index (χ1) is 16.8. The van der Waals surface area contributed by atoms with Crippen LogP contribution in [0.3, 0.4) is 0 Å². The number of amides is 2. The van der Waals surface area contributed by atoms with Crippen molar-refractivity contribution in [3.63, 3.8) is 0 Å². The third kappa shape index (κ3) is 6.55. The van der Waals surface area contributed by atoms with E-state index in [0.29, 0.717) is 49.5 Å². The number of likely N-dealkylation sites (tertiary alicyclic amines) is 1. The van der Waals surface area contributed by atoms with Crippen LogP contribution in [0.1, 0.15) is 36.3 Å². The van der Waals surface area contributed by atoms with Gasteiger partial charge in [0.2, 0.25) is 11.8 Å². The summed E-state index contributed by atoms with van der Waals surface area (Å²) < 4.78 is 11.5. The molecule has 0 bridgehead atoms. The predicted molar refractivity (Wildman–Crippen MR) is 134 cm³/mol. The first-order valence-electron chi connectivity index (χ1n) is 12.4. The SMILES string of the molecule is Cc1noc(C)c1CCC(=O)N1CC[C@H](Oc2cccc(Cl)c2)[C@@H](CC(=O)N2CCN(C)CC2)C1. The van der Waals surface area contributed by atoms with Gasteiger partial charge in [0.05, 0.1) is 5.69 Å². The molecule has 2 fully saturated rings. The largest absolute Gasteiger partial charge is 0.490 e. The molecule has 0 spiro atoms. The van der Waals surface area contributed by atoms with Crippen LogP contribution >= 0.6 is 11.6 Å². The number of hydrogen-bond donors (Lipinski definition) is 0. The lowest BCUT2D eigenvalue weighted by atomic mass is 9.90. The second kappa shape index (κ2) is 11.4. The zero-order valence-electron chi connectivity index (χ0n) is 20.8. The van der Waals surface area contributed by atoms with E-state index in [2.05, 4.69) is 17.1 Å². The number of aromatic nitrogens is 1. The fourth-order valence-electron chi connectivity index (χ4n) is 4.96. The van der Waals surface area contributed by atoms with Crippen molar-refractivity contribution in [2.24, 2.45) is 5.92 Å². The van der Waals surface area contributed by atoms with Gasteiger partial charge in [-0.2, -0.15) is 0 Å². The number of likely N-dealkylation sites (N-methyl/N-ethyl adjacent to an activating group) is 1. The van der Waals surface area contributed by atoms with Gasteiger partial charge in [-0.25, -0.2) is 0 Å². The molecule has 0 radical (unpaired) electrons. The second-order valence-electron chi connectivity index (χ2n) is 9.69. The van der Waals surface area contributed by atoms with E-state index < -0.39 is 0 Å². The Hall–Kier alpha value is -2.58. The lowest BCUT2D eigenvalue weighted by Crippen LogP contribution is -2.51. The van der Waals surface area contributed by atoms with E-state index >= 15 is 0 Å². The van der Waals surface area contributed by atoms with Crippen LogP contribution in [0.25, 0.3) is 0 Å². The van der Waals surface area contributed by atoms with Crippen LogP contribution in [-0.4, -0.2) is 84.1 Å². The average Bonchev–Trinajstić information content (AvgIpc) is 3.16. The molecule has 4 rings (SSSR count). The molecule has 0 unspecified atom stereocenters. The normalized spacial score (nSPS) is 21.3. The first-order valence-corrected chi connectivity index (χ1v) is 12.8. The van der Waals surface area contributed by atoms with Gasteiger partial charge in [-0.1, -0.05) is 22.8 Å². The fourth-order valence-corrected chi connectivity index (χ4v) is 5.14. The summed E-state index contributed by atoms with van der Waals surface area (Å²) in [7, 11) is 2.07. The maximum Gasteiger partial charge on any atom is 0.223 e. The number of carbonyl (C=O) groups excluding carboxylic acids is 2. The lowest BCUT2D eigenvalue weighted by Gasteiger charge is -2.40. The molecular weight excluding hydrogens is 468 g/mol. The Morgan fingerprint density at radius 2 is 1.89 bits per heavy atom. The Morgan fingerprint density at radius 3 is 2.57 bits per heavy atom. The van der Waals surface area contributed by atoms with E-state index in [9.17, 15) is 9.59 Å². The number of hydrogen-bond acceptors (Lipinski definition) is 6. The Morgan fingerprint density at radius 1 is 1.11 bits per heavy atom. The van der Waals surface area contributed by atoms with E-state index in [1.54, 1.807) is 6.07 Å². The first kappa shape index (κ1) is 25.5. The minimum absolute atomic E-state index is 0.0853. The maximum atomic E-state index is 13.2. The van der Waals surface area contributed by atoms with Crippen LogP contribution in [-0.2, 0) is 16.0 Å². The van der Waals surface area contributed by atoms with Gasteiger partial charge in [0.1, 0.15) is 17.6 Å². The van der Waals surface area contributed by atoms with Crippen molar-refractivity contribution in [2.75, 3.05) is 46.3 Å². The second-order valence-corrected chi connectivity index (χ2v) is 10.1. The number of rotatable bonds is 7. The van der Waals surface area contributed by atoms with Gasteiger partial charge in [-0.15, -0.1) is 0 Å². The van der Waals surface area contributed by atoms with Gasteiger partial charge < -0.3 is 24.0 Å². The zero-order valence-corrected chi connectivity index (χ0v) is 21.6. The highest BCUT2D eigenvalue weighted by molar-refractivity contribution is 6.30. The van der Waals surface area contributed by atoms with Crippen LogP contribution in [0, 0.1) is 19.8 Å². The van der Waals surface area contributed by atoms with Gasteiger partial charge in [-0.05, 0) is 45.5 Å². The molecule has 2 atom stereocenters. The smallest absolute Gasteiger partial charge is 0.223 e. The molecular formula is C26H35ClN4O4. The summed E-state index contributed by atoms with van der Waals surface area (Å²) in [6, 6.07) is 7.34. The van der Waals surface area contributed by atoms with Crippen molar-refractivity contribution >= 4 is 23.4 Å². The van der Waals surface area contributed by atoms with Crippen molar-refractivity contribution < 1.29 is 18.8 Å². The van der Waals surface area contributed by atoms with Crippen LogP contribution < -0.4 is 4.74 Å². The molecule has 2 aromatic rings. The van der Waals surface area contributed by atoms with Gasteiger partial charge in [0.15, 0.2) is 0 Å². The summed E-state index contributed by atoms with van der Waals surface area (Å²) >= 11 is 6.15. The summed E-state index contributed by atoms with van der Waals surface area (Å²) in [4.78, 5) is 32.3. The van der Waals surface area contributed by atoms with Crippen LogP contribution in [0.4, 0.5) is 0 Å². The molecule has 2 aliphatic rings. The third-order valence-electron chi connectivity index (χ3n) is 7.16. The molecule has 8 nitrogen and oxygen atoms in total. The topological polar surface area (TPSA) is 79.1 Å². The molecule has 35 heavy (non-hydrogen) atoms. The number of halogens is 1. The van der Waals surface area contributed by atoms with Crippen molar-refractivity contribution in [1.82, 2.24) is 19.9 Å². The third-order valence-corrected chi connectivity index (χ3v) is 7.40. The van der Waals surface area contributed by atoms with Gasteiger partial charge >= 0.3 is 0 Å². The molecule has 0 aliphatic carbocycles. The monoisotopic (exact) mass is 502 g/mol. The van der Waals surface area contributed by atoms with E-state index in [1.165, 1.54) is 0 Å². The Labute approximate surface area is 212 Å². The van der Waals surface area contributed by atoms with E-state index in [4.69, 9.17) is 20.9 Å². The number of piperidine rings is 1. The molecule has 190 valence electrons. The van der Waals surface area contributed by atoms with Crippen molar-refractivity contribution in [3.05, 3.63) is 46.3 Å². The molecule has 0 N–H and O–H groups in total. The predicted octanol–water partition coefficient (Wildman–Crippen LogP) is 3.34. The highest BCUT2D eigenvalue weighted by atomic mass is 35.5. The number of benzene rings is 1. The van der Waals surface area contributed by atoms with Crippen molar-refractivity contribution in [3.8, 4) is 5.75 Å². The standard InChI is InChI=1S/C26H35ClN4O4/c1-18-23(19(2)35-28-18)7-8-25(32)31-10-9-24(34-22-6-4-5-21(27)16-22)20(17-31)15-26(33)30-13-11-29(3)12-14-30/h4-6,16,20,24H,7-15,17H2,1-3H3/t20-,24-/m0/s1. The quantitative estimate of drug-likeness (QED) is 0.578. The van der Waals surface area contributed by atoms with E-state index in [-0.39, 0.29) is 23.8 Å². The van der Waals surface area contributed by atoms with Crippen molar-refractivity contribution in [2.45, 2.75) is 45.6 Å². The number of aryl methyl sites for hydroxylation is 2. The maximum absolute atomic E-state index is 13.2. The van der Waals surface area contributed by atoms with Crippen LogP contribution in [0.5, 0.6) is 5.75 Å². The zero-order chi connectivity index (χ0) is 24.9. The molecule has 2 amide bonds. The Kier molecular flexibility index (Phi) is 8.34. The molecule has 0 saturated carbocycles. The minimum atomic E-state index is -0.156. The molecule has 3 heterocycles. The molecule has 2 saturated heterocycles. The number of ether oxygens (including phenoxy) is 1. The van der Waals surface area contributed by atoms with Gasteiger partial charge in [0.25, 0.3) is 0 Å². The van der Waals surface area contributed by atoms with Gasteiger partial charge in [-0.3, -0.25) is 9.59 Å². The molecule has 2 aliphatic heterocycles. The molecule has 9 heteroatoms. The summed E-state index contributed by atoms with van der Waals surface area (Å²) in [6.45, 7) is 8.11. The summed E-state index contributed by atoms with van der Waals surface area (Å²) in [5, 5.41) is 4.60. The van der Waals surface area contributed by atoms with Crippen LogP contribution in [0.2, 0.25) is 5.02 Å². The molecule has 1 aromatic heterocycles. The summed E-state index contributed by atoms with van der Waals surface area (Å²) in [5.74, 6) is 1.59. The lowest BCUT2D eigenvalue weighted by molar-refractivity contribution is -0.140. The molecule has 1 aromatic carbocycles. The number of carbonyl (C=O) groups is 2. The van der Waals surface area contributed by atoms with E-state index in [1.807, 2.05) is 41.8 Å². The number of nitrogens with zero attached hydrogens (tertiary/aromatic N) is 4. The summed E-state index contributed by atoms with van der Waals surface area (Å²) in [5.41, 5.74) is 1.83. The van der Waals surface area contributed by atoms with Crippen LogP contribution in [0.15, 0.2) is 28.8 Å². The van der Waals surface area contributed by atoms with E-state index in [0.717, 1.165) is 43.2 Å². The Bertz CT molecular complexity index is 1010. The fraction of sp³-hybridized carbons (Fsp3) is 0.577.